The molecular formula is C13H19NO3. The minimum atomic E-state index is -0.796. The van der Waals surface area contributed by atoms with Gasteiger partial charge in [-0.2, -0.15) is 0 Å². The van der Waals surface area contributed by atoms with Crippen LogP contribution in [0.2, 0.25) is 0 Å². The van der Waals surface area contributed by atoms with Gasteiger partial charge in [0.25, 0.3) is 0 Å². The van der Waals surface area contributed by atoms with Crippen molar-refractivity contribution in [2.75, 3.05) is 26.8 Å². The fourth-order valence-electron chi connectivity index (χ4n) is 1.62. The van der Waals surface area contributed by atoms with Crippen molar-refractivity contribution >= 4 is 5.97 Å². The van der Waals surface area contributed by atoms with Gasteiger partial charge in [0.05, 0.1) is 5.92 Å². The Hall–Kier alpha value is -1.39. The van der Waals surface area contributed by atoms with Crippen LogP contribution < -0.4 is 5.32 Å². The van der Waals surface area contributed by atoms with Crippen LogP contribution in [0, 0.1) is 0 Å². The number of ether oxygens (including phenoxy) is 1. The molecule has 2 N–H and O–H groups in total. The molecule has 0 aliphatic rings. The zero-order valence-electron chi connectivity index (χ0n) is 10.1. The van der Waals surface area contributed by atoms with Crippen molar-refractivity contribution in [3.63, 3.8) is 0 Å². The summed E-state index contributed by atoms with van der Waals surface area (Å²) < 4.78 is 4.92. The lowest BCUT2D eigenvalue weighted by atomic mass is 9.99. The molecule has 1 atom stereocenters. The maximum absolute atomic E-state index is 11.2. The lowest BCUT2D eigenvalue weighted by Crippen LogP contribution is -2.28. The number of carbonyl (C=O) groups is 1. The number of rotatable bonds is 8. The summed E-state index contributed by atoms with van der Waals surface area (Å²) in [6.07, 6.45) is 0.887. The van der Waals surface area contributed by atoms with Gasteiger partial charge in [0, 0.05) is 20.3 Å². The first-order valence-electron chi connectivity index (χ1n) is 5.73. The number of carboxylic acids is 1. The molecule has 0 radical (unpaired) electrons. The minimum absolute atomic E-state index is 0.447. The first kappa shape index (κ1) is 13.7. The molecule has 0 aliphatic carbocycles. The highest BCUT2D eigenvalue weighted by molar-refractivity contribution is 5.76. The molecular weight excluding hydrogens is 218 g/mol. The fraction of sp³-hybridized carbons (Fsp3) is 0.462. The van der Waals surface area contributed by atoms with Crippen molar-refractivity contribution in [2.24, 2.45) is 0 Å². The van der Waals surface area contributed by atoms with Crippen LogP contribution in [0.15, 0.2) is 30.3 Å². The summed E-state index contributed by atoms with van der Waals surface area (Å²) in [5.74, 6) is -1.28. The van der Waals surface area contributed by atoms with Crippen molar-refractivity contribution < 1.29 is 14.6 Å². The first-order valence-corrected chi connectivity index (χ1v) is 5.73. The third kappa shape index (κ3) is 4.97. The van der Waals surface area contributed by atoms with Gasteiger partial charge in [-0.15, -0.1) is 0 Å². The van der Waals surface area contributed by atoms with Gasteiger partial charge in [-0.3, -0.25) is 4.79 Å². The Morgan fingerprint density at radius 2 is 2.12 bits per heavy atom. The quantitative estimate of drug-likeness (QED) is 0.672. The maximum Gasteiger partial charge on any atom is 0.312 e. The maximum atomic E-state index is 11.2. The molecule has 4 heteroatoms. The molecule has 94 valence electrons. The van der Waals surface area contributed by atoms with Crippen LogP contribution in [-0.4, -0.2) is 37.9 Å². The van der Waals surface area contributed by atoms with Gasteiger partial charge in [-0.05, 0) is 18.5 Å². The molecule has 0 heterocycles. The fourth-order valence-corrected chi connectivity index (χ4v) is 1.62. The second kappa shape index (κ2) is 7.81. The summed E-state index contributed by atoms with van der Waals surface area (Å²) in [5, 5.41) is 12.3. The third-order valence-corrected chi connectivity index (χ3v) is 2.55. The predicted octanol–water partition coefficient (Wildman–Crippen LogP) is 1.48. The molecule has 1 unspecified atom stereocenters. The molecule has 1 rings (SSSR count). The van der Waals surface area contributed by atoms with E-state index >= 15 is 0 Å². The van der Waals surface area contributed by atoms with Gasteiger partial charge in [0.15, 0.2) is 0 Å². The second-order valence-corrected chi connectivity index (χ2v) is 3.85. The number of methoxy groups -OCH3 is 1. The Bertz CT molecular complexity index is 327. The van der Waals surface area contributed by atoms with E-state index in [9.17, 15) is 4.79 Å². The SMILES string of the molecule is COCCCNCC(C(=O)O)c1ccccc1. The van der Waals surface area contributed by atoms with Crippen LogP contribution in [0.25, 0.3) is 0 Å². The summed E-state index contributed by atoms with van der Waals surface area (Å²) in [4.78, 5) is 11.2. The number of hydrogen-bond acceptors (Lipinski definition) is 3. The monoisotopic (exact) mass is 237 g/mol. The van der Waals surface area contributed by atoms with Gasteiger partial charge in [0.1, 0.15) is 0 Å². The highest BCUT2D eigenvalue weighted by Gasteiger charge is 2.18. The molecule has 0 aromatic heterocycles. The standard InChI is InChI=1S/C13H19NO3/c1-17-9-5-8-14-10-12(13(15)16)11-6-3-2-4-7-11/h2-4,6-7,12,14H,5,8-10H2,1H3,(H,15,16). The summed E-state index contributed by atoms with van der Waals surface area (Å²) in [5.41, 5.74) is 0.833. The Labute approximate surface area is 102 Å². The van der Waals surface area contributed by atoms with Crippen LogP contribution in [0.1, 0.15) is 17.9 Å². The third-order valence-electron chi connectivity index (χ3n) is 2.55. The van der Waals surface area contributed by atoms with Gasteiger partial charge >= 0.3 is 5.97 Å². The van der Waals surface area contributed by atoms with E-state index in [0.717, 1.165) is 18.5 Å². The van der Waals surface area contributed by atoms with Crippen LogP contribution in [0.4, 0.5) is 0 Å². The zero-order valence-corrected chi connectivity index (χ0v) is 10.1. The van der Waals surface area contributed by atoms with Crippen molar-refractivity contribution in [2.45, 2.75) is 12.3 Å². The zero-order chi connectivity index (χ0) is 12.5. The summed E-state index contributed by atoms with van der Waals surface area (Å²) in [6.45, 7) is 1.91. The lowest BCUT2D eigenvalue weighted by Gasteiger charge is -2.13. The largest absolute Gasteiger partial charge is 0.481 e. The van der Waals surface area contributed by atoms with Crippen molar-refractivity contribution in [1.29, 1.82) is 0 Å². The van der Waals surface area contributed by atoms with Gasteiger partial charge in [-0.25, -0.2) is 0 Å². The first-order chi connectivity index (χ1) is 8.25. The molecule has 0 saturated carbocycles. The number of benzene rings is 1. The Balaban J connectivity index is 2.42. The Morgan fingerprint density at radius 3 is 2.71 bits per heavy atom. The smallest absolute Gasteiger partial charge is 0.312 e. The molecule has 0 bridgehead atoms. The van der Waals surface area contributed by atoms with E-state index in [-0.39, 0.29) is 0 Å². The molecule has 0 aliphatic heterocycles. The Morgan fingerprint density at radius 1 is 1.41 bits per heavy atom. The molecule has 1 aromatic rings. The van der Waals surface area contributed by atoms with Crippen LogP contribution in [0.5, 0.6) is 0 Å². The molecule has 0 fully saturated rings. The van der Waals surface area contributed by atoms with Crippen molar-refractivity contribution in [3.8, 4) is 0 Å². The van der Waals surface area contributed by atoms with Gasteiger partial charge in [-0.1, -0.05) is 30.3 Å². The lowest BCUT2D eigenvalue weighted by molar-refractivity contribution is -0.138. The van der Waals surface area contributed by atoms with Gasteiger partial charge < -0.3 is 15.2 Å². The molecule has 1 aromatic carbocycles. The van der Waals surface area contributed by atoms with Crippen LogP contribution in [-0.2, 0) is 9.53 Å². The second-order valence-electron chi connectivity index (χ2n) is 3.85. The topological polar surface area (TPSA) is 58.6 Å². The number of carboxylic acid groups (broad SMARTS) is 1. The van der Waals surface area contributed by atoms with E-state index in [2.05, 4.69) is 5.32 Å². The summed E-state index contributed by atoms with van der Waals surface area (Å²) >= 11 is 0. The molecule has 0 amide bonds. The van der Waals surface area contributed by atoms with E-state index < -0.39 is 11.9 Å². The highest BCUT2D eigenvalue weighted by Crippen LogP contribution is 2.14. The summed E-state index contributed by atoms with van der Waals surface area (Å²) in [7, 11) is 1.66. The van der Waals surface area contributed by atoms with Crippen LogP contribution >= 0.6 is 0 Å². The van der Waals surface area contributed by atoms with E-state index in [0.29, 0.717) is 13.2 Å². The highest BCUT2D eigenvalue weighted by atomic mass is 16.5. The van der Waals surface area contributed by atoms with E-state index in [1.807, 2.05) is 30.3 Å². The number of aliphatic carboxylic acids is 1. The number of hydrogen-bond donors (Lipinski definition) is 2. The van der Waals surface area contributed by atoms with E-state index in [4.69, 9.17) is 9.84 Å². The summed E-state index contributed by atoms with van der Waals surface area (Å²) in [6, 6.07) is 9.28. The molecule has 4 nitrogen and oxygen atoms in total. The molecule has 0 saturated heterocycles. The average molecular weight is 237 g/mol. The van der Waals surface area contributed by atoms with Crippen molar-refractivity contribution in [1.82, 2.24) is 5.32 Å². The van der Waals surface area contributed by atoms with E-state index in [1.165, 1.54) is 0 Å². The number of nitrogens with one attached hydrogen (secondary N) is 1. The Kier molecular flexibility index (Phi) is 6.29. The predicted molar refractivity (Wildman–Crippen MR) is 66.2 cm³/mol. The minimum Gasteiger partial charge on any atom is -0.481 e. The van der Waals surface area contributed by atoms with Gasteiger partial charge in [0.2, 0.25) is 0 Å². The molecule has 17 heavy (non-hydrogen) atoms. The normalized spacial score (nSPS) is 12.3. The van der Waals surface area contributed by atoms with E-state index in [1.54, 1.807) is 7.11 Å². The molecule has 0 spiro atoms. The average Bonchev–Trinajstić information content (AvgIpc) is 2.34. The van der Waals surface area contributed by atoms with Crippen LogP contribution in [0.3, 0.4) is 0 Å². The van der Waals surface area contributed by atoms with Crippen molar-refractivity contribution in [3.05, 3.63) is 35.9 Å².